The number of alkyl halides is 1. The van der Waals surface area contributed by atoms with E-state index >= 15 is 0 Å². The van der Waals surface area contributed by atoms with Crippen molar-refractivity contribution in [3.8, 4) is 11.3 Å². The van der Waals surface area contributed by atoms with Crippen molar-refractivity contribution in [1.29, 1.82) is 0 Å². The van der Waals surface area contributed by atoms with E-state index < -0.39 is 42.0 Å². The van der Waals surface area contributed by atoms with Crippen molar-refractivity contribution in [2.24, 2.45) is 0 Å². The van der Waals surface area contributed by atoms with Crippen molar-refractivity contribution in [2.45, 2.75) is 30.7 Å². The average molecular weight is 531 g/mol. The highest BCUT2D eigenvalue weighted by molar-refractivity contribution is 14.2. The minimum Gasteiger partial charge on any atom is -0.305 e. The molecule has 0 saturated heterocycles. The van der Waals surface area contributed by atoms with Crippen LogP contribution in [0.4, 0.5) is 0 Å². The van der Waals surface area contributed by atoms with Crippen LogP contribution in [0.15, 0.2) is 34.0 Å². The topological polar surface area (TPSA) is 119 Å². The number of hydrogen-bond acceptors (Lipinski definition) is 5. The van der Waals surface area contributed by atoms with Crippen LogP contribution in [0, 0.1) is 0 Å². The zero-order valence-corrected chi connectivity index (χ0v) is 19.4. The first kappa shape index (κ1) is 21.4. The van der Waals surface area contributed by atoms with Gasteiger partial charge in [0, 0.05) is 21.7 Å². The van der Waals surface area contributed by atoms with Crippen molar-refractivity contribution < 1.29 is 8.42 Å². The van der Waals surface area contributed by atoms with Crippen molar-refractivity contribution in [3.05, 3.63) is 50.8 Å². The maximum Gasteiger partial charge on any atom is 0.348 e. The largest absolute Gasteiger partial charge is 0.348 e. The molecule has 9 nitrogen and oxygen atoms in total. The molecule has 1 unspecified atom stereocenters. The molecule has 0 aliphatic heterocycles. The zero-order valence-electron chi connectivity index (χ0n) is 16.4. The summed E-state index contributed by atoms with van der Waals surface area (Å²) in [4.78, 5) is 29.8. The molecule has 0 bridgehead atoms. The van der Waals surface area contributed by atoms with Gasteiger partial charge in [0.25, 0.3) is 5.56 Å². The molecule has 1 atom stereocenters. The molecule has 2 heterocycles. The normalized spacial score (nSPS) is 13.1. The Balaban J connectivity index is 2.40. The standard InChI is InChI=1S/C18H22IN5O4S/c1-10(2)23-16(6-7-20-23)13-8-14-15(9-12(13)11(3)19-4)21-18(26)24(17(14)25)22-29(5,27)28/h6-11,22H,4H2,1-3,5H3,(H,21,26). The summed E-state index contributed by atoms with van der Waals surface area (Å²) >= 11 is -0.398. The summed E-state index contributed by atoms with van der Waals surface area (Å²) in [6, 6.07) is 5.45. The van der Waals surface area contributed by atoms with E-state index in [0.717, 1.165) is 23.1 Å². The lowest BCUT2D eigenvalue weighted by Gasteiger charge is -2.18. The lowest BCUT2D eigenvalue weighted by molar-refractivity contribution is 0.538. The molecule has 11 heteroatoms. The predicted octanol–water partition coefficient (Wildman–Crippen LogP) is 2.10. The van der Waals surface area contributed by atoms with Crippen LogP contribution >= 0.6 is 20.7 Å². The van der Waals surface area contributed by atoms with Crippen molar-refractivity contribution in [3.63, 3.8) is 0 Å². The third kappa shape index (κ3) is 4.20. The molecule has 0 aliphatic rings. The predicted molar refractivity (Wildman–Crippen MR) is 124 cm³/mol. The van der Waals surface area contributed by atoms with Gasteiger partial charge in [0.1, 0.15) is 0 Å². The van der Waals surface area contributed by atoms with Gasteiger partial charge in [0.05, 0.1) is 22.9 Å². The number of hydrogen-bond donors (Lipinski definition) is 2. The number of nitrogens with one attached hydrogen (secondary N) is 2. The smallest absolute Gasteiger partial charge is 0.305 e. The van der Waals surface area contributed by atoms with Gasteiger partial charge < -0.3 is 4.98 Å². The number of rotatable bonds is 6. The number of H-pyrrole nitrogens is 1. The second kappa shape index (κ2) is 7.86. The summed E-state index contributed by atoms with van der Waals surface area (Å²) in [5, 5.41) is 4.58. The van der Waals surface area contributed by atoms with Crippen molar-refractivity contribution >= 4 is 46.2 Å². The van der Waals surface area contributed by atoms with Crippen LogP contribution in [0.3, 0.4) is 0 Å². The van der Waals surface area contributed by atoms with Gasteiger partial charge in [-0.05, 0) is 44.5 Å². The molecule has 0 fully saturated rings. The first-order valence-corrected chi connectivity index (χ1v) is 13.4. The first-order chi connectivity index (χ1) is 13.5. The minimum absolute atomic E-state index is 0.104. The molecule has 2 aromatic heterocycles. The number of sulfonamides is 1. The van der Waals surface area contributed by atoms with E-state index in [0.29, 0.717) is 10.2 Å². The maximum absolute atomic E-state index is 12.9. The van der Waals surface area contributed by atoms with E-state index in [1.807, 2.05) is 29.4 Å². The SMILES string of the molecule is C=IC(C)c1cc2[nH]c(=O)n(NS(C)(=O)=O)c(=O)c2cc1-c1ccnn1C(C)C. The fourth-order valence-corrected chi connectivity index (χ4v) is 4.59. The van der Waals surface area contributed by atoms with E-state index in [1.165, 1.54) is 0 Å². The summed E-state index contributed by atoms with van der Waals surface area (Å²) in [7, 11) is -3.81. The third-order valence-electron chi connectivity index (χ3n) is 4.42. The van der Waals surface area contributed by atoms with Crippen LogP contribution in [0.2, 0.25) is 0 Å². The molecule has 156 valence electrons. The highest BCUT2D eigenvalue weighted by Gasteiger charge is 2.19. The third-order valence-corrected chi connectivity index (χ3v) is 6.93. The molecule has 2 N–H and O–H groups in total. The van der Waals surface area contributed by atoms with Gasteiger partial charge in [0.2, 0.25) is 10.0 Å². The molecule has 0 amide bonds. The first-order valence-electron chi connectivity index (χ1n) is 8.75. The van der Waals surface area contributed by atoms with Gasteiger partial charge in [-0.3, -0.25) is 9.48 Å². The Labute approximate surface area is 177 Å². The lowest BCUT2D eigenvalue weighted by Crippen LogP contribution is -2.43. The summed E-state index contributed by atoms with van der Waals surface area (Å²) < 4.78 is 29.7. The quantitative estimate of drug-likeness (QED) is 0.373. The van der Waals surface area contributed by atoms with Crippen LogP contribution in [0.25, 0.3) is 22.2 Å². The van der Waals surface area contributed by atoms with E-state index in [4.69, 9.17) is 0 Å². The zero-order chi connectivity index (χ0) is 21.5. The Hall–Kier alpha value is -2.28. The molecule has 3 rings (SSSR count). The van der Waals surface area contributed by atoms with E-state index in [9.17, 15) is 18.0 Å². The van der Waals surface area contributed by atoms with E-state index in [1.54, 1.807) is 18.3 Å². The molecule has 1 aromatic carbocycles. The second-order valence-electron chi connectivity index (χ2n) is 6.94. The summed E-state index contributed by atoms with van der Waals surface area (Å²) in [6.45, 7) is 6.08. The number of aromatic nitrogens is 4. The van der Waals surface area contributed by atoms with Crippen LogP contribution < -0.4 is 16.1 Å². The Kier molecular flexibility index (Phi) is 5.81. The van der Waals surface area contributed by atoms with Crippen LogP contribution in [-0.2, 0) is 10.0 Å². The molecular formula is C18H22IN5O4S. The van der Waals surface area contributed by atoms with Crippen molar-refractivity contribution in [2.75, 3.05) is 11.1 Å². The Bertz CT molecular complexity index is 1320. The van der Waals surface area contributed by atoms with Gasteiger partial charge in [0.15, 0.2) is 0 Å². The number of halogens is 1. The molecular weight excluding hydrogens is 509 g/mol. The van der Waals surface area contributed by atoms with Gasteiger partial charge in [-0.25, -0.2) is 18.0 Å². The summed E-state index contributed by atoms with van der Waals surface area (Å²) in [5.41, 5.74) is 1.38. The van der Waals surface area contributed by atoms with Crippen molar-refractivity contribution in [1.82, 2.24) is 19.4 Å². The molecule has 0 saturated carbocycles. The molecule has 0 radical (unpaired) electrons. The van der Waals surface area contributed by atoms with Gasteiger partial charge >= 0.3 is 5.69 Å². The Morgan fingerprint density at radius 1 is 1.24 bits per heavy atom. The Morgan fingerprint density at radius 3 is 2.52 bits per heavy atom. The van der Waals surface area contributed by atoms with E-state index in [-0.39, 0.29) is 15.4 Å². The number of nitrogens with zero attached hydrogens (tertiary/aromatic N) is 3. The highest BCUT2D eigenvalue weighted by Crippen LogP contribution is 2.37. The fourth-order valence-electron chi connectivity index (χ4n) is 3.10. The fraction of sp³-hybridized carbons (Fsp3) is 0.333. The average Bonchev–Trinajstić information content (AvgIpc) is 3.13. The molecule has 29 heavy (non-hydrogen) atoms. The second-order valence-corrected chi connectivity index (χ2v) is 11.4. The van der Waals surface area contributed by atoms with Gasteiger partial charge in [-0.1, -0.05) is 4.51 Å². The minimum atomic E-state index is -3.81. The monoisotopic (exact) mass is 531 g/mol. The maximum atomic E-state index is 12.9. The molecule has 3 aromatic rings. The summed E-state index contributed by atoms with van der Waals surface area (Å²) in [5.74, 6) is 0. The number of fused-ring (bicyclic) bond motifs is 1. The van der Waals surface area contributed by atoms with Gasteiger partial charge in [-0.15, -0.1) is 20.7 Å². The molecule has 0 spiro atoms. The summed E-state index contributed by atoms with van der Waals surface area (Å²) in [6.07, 6.45) is 2.57. The number of benzene rings is 1. The number of aromatic amines is 1. The van der Waals surface area contributed by atoms with Crippen LogP contribution in [-0.4, -0.2) is 38.6 Å². The Morgan fingerprint density at radius 2 is 1.93 bits per heavy atom. The van der Waals surface area contributed by atoms with Crippen LogP contribution in [0.5, 0.6) is 0 Å². The lowest BCUT2D eigenvalue weighted by atomic mass is 9.99. The highest BCUT2D eigenvalue weighted by atomic mass is 127. The van der Waals surface area contributed by atoms with E-state index in [2.05, 4.69) is 21.5 Å². The molecule has 0 aliphatic carbocycles. The van der Waals surface area contributed by atoms with Gasteiger partial charge in [-0.2, -0.15) is 9.77 Å². The van der Waals surface area contributed by atoms with Crippen LogP contribution in [0.1, 0.15) is 36.3 Å².